The largest absolute Gasteiger partial charge is 0.496 e. The van der Waals surface area contributed by atoms with Crippen molar-refractivity contribution in [3.8, 4) is 0 Å². The molecule has 1 rings (SSSR count). The molecule has 0 saturated carbocycles. The highest BCUT2D eigenvalue weighted by Gasteiger charge is 2.23. The highest BCUT2D eigenvalue weighted by Crippen LogP contribution is 2.22. The van der Waals surface area contributed by atoms with Crippen LogP contribution in [0.3, 0.4) is 0 Å². The van der Waals surface area contributed by atoms with Gasteiger partial charge < -0.3 is 4.74 Å². The van der Waals surface area contributed by atoms with Gasteiger partial charge in [0.25, 0.3) is 10.0 Å². The van der Waals surface area contributed by atoms with Crippen LogP contribution in [0.2, 0.25) is 0 Å². The van der Waals surface area contributed by atoms with Crippen LogP contribution in [0.5, 0.6) is 0 Å². The lowest BCUT2D eigenvalue weighted by Crippen LogP contribution is -2.18. The number of rotatable bonds is 6. The van der Waals surface area contributed by atoms with Crippen LogP contribution in [0.25, 0.3) is 0 Å². The van der Waals surface area contributed by atoms with Crippen LogP contribution in [0, 0.1) is 0 Å². The van der Waals surface area contributed by atoms with Crippen LogP contribution in [0.1, 0.15) is 13.8 Å². The zero-order chi connectivity index (χ0) is 15.2. The van der Waals surface area contributed by atoms with Crippen LogP contribution in [-0.4, -0.2) is 25.9 Å². The number of hydrogen-bond donors (Lipinski definition) is 1. The molecule has 1 aromatic heterocycles. The van der Waals surface area contributed by atoms with E-state index in [2.05, 4.69) is 9.71 Å². The third-order valence-corrected chi connectivity index (χ3v) is 3.86. The zero-order valence-corrected chi connectivity index (χ0v) is 13.1. The molecule has 0 fully saturated rings. The molecule has 0 saturated heterocycles. The second-order valence-corrected chi connectivity index (χ2v) is 6.25. The smallest absolute Gasteiger partial charge is 0.265 e. The van der Waals surface area contributed by atoms with Crippen molar-refractivity contribution in [2.45, 2.75) is 19.2 Å². The number of aromatic nitrogens is 1. The first-order chi connectivity index (χ1) is 9.40. The van der Waals surface area contributed by atoms with Crippen LogP contribution in [0.15, 0.2) is 47.3 Å². The molecule has 5 nitrogen and oxygen atoms in total. The van der Waals surface area contributed by atoms with Crippen molar-refractivity contribution in [3.63, 3.8) is 0 Å². The molecule has 0 amide bonds. The number of anilines is 1. The lowest BCUT2D eigenvalue weighted by molar-refractivity contribution is 0.303. The molecular weight excluding hydrogens is 300 g/mol. The Morgan fingerprint density at radius 1 is 1.55 bits per heavy atom. The fourth-order valence-corrected chi connectivity index (χ4v) is 3.10. The van der Waals surface area contributed by atoms with Crippen molar-refractivity contribution >= 4 is 27.3 Å². The van der Waals surface area contributed by atoms with Gasteiger partial charge in [-0.1, -0.05) is 0 Å². The fraction of sp³-hybridized carbons (Fsp3) is 0.308. The second-order valence-electron chi connectivity index (χ2n) is 3.91. The quantitative estimate of drug-likeness (QED) is 0.498. The van der Waals surface area contributed by atoms with Gasteiger partial charge in [-0.05, 0) is 38.1 Å². The maximum atomic E-state index is 12.4. The third kappa shape index (κ3) is 4.54. The van der Waals surface area contributed by atoms with Gasteiger partial charge in [0.05, 0.1) is 24.4 Å². The Hall–Kier alpha value is -1.53. The lowest BCUT2D eigenvalue weighted by atomic mass is 10.3. The van der Waals surface area contributed by atoms with Crippen LogP contribution in [0.4, 0.5) is 5.69 Å². The van der Waals surface area contributed by atoms with Gasteiger partial charge in [0.2, 0.25) is 0 Å². The van der Waals surface area contributed by atoms with Crippen LogP contribution < -0.4 is 4.72 Å². The number of alkyl halides is 1. The van der Waals surface area contributed by atoms with Gasteiger partial charge in [-0.2, -0.15) is 0 Å². The van der Waals surface area contributed by atoms with E-state index in [9.17, 15) is 8.42 Å². The fourth-order valence-electron chi connectivity index (χ4n) is 1.51. The molecule has 0 spiro atoms. The number of pyridine rings is 1. The number of hydrogen-bond acceptors (Lipinski definition) is 4. The second kappa shape index (κ2) is 7.31. The number of nitrogens with one attached hydrogen (secondary N) is 1. The Kier molecular flexibility index (Phi) is 6.04. The summed E-state index contributed by atoms with van der Waals surface area (Å²) >= 11 is 5.88. The molecule has 0 radical (unpaired) electrons. The highest BCUT2D eigenvalue weighted by atomic mass is 35.5. The normalized spacial score (nSPS) is 14.8. The van der Waals surface area contributed by atoms with Gasteiger partial charge >= 0.3 is 0 Å². The van der Waals surface area contributed by atoms with E-state index in [4.69, 9.17) is 16.3 Å². The summed E-state index contributed by atoms with van der Waals surface area (Å²) in [5, 5.41) is -0.458. The van der Waals surface area contributed by atoms with Crippen molar-refractivity contribution in [1.82, 2.24) is 4.98 Å². The van der Waals surface area contributed by atoms with Gasteiger partial charge in [-0.3, -0.25) is 9.71 Å². The number of methoxy groups -OCH3 is 1. The van der Waals surface area contributed by atoms with Gasteiger partial charge in [0.1, 0.15) is 10.7 Å². The van der Waals surface area contributed by atoms with Crippen molar-refractivity contribution in [3.05, 3.63) is 47.3 Å². The summed E-state index contributed by atoms with van der Waals surface area (Å²) in [7, 11) is -2.40. The maximum absolute atomic E-state index is 12.4. The SMILES string of the molecule is CC=C(OC)C(=CC(C)Cl)S(=O)(=O)Nc1cccnc1. The first kappa shape index (κ1) is 16.5. The first-order valence-corrected chi connectivity index (χ1v) is 7.82. The standard InChI is InChI=1S/C13H17ClN2O3S/c1-4-12(19-3)13(8-10(2)14)20(17,18)16-11-6-5-7-15-9-11/h4-10,16H,1-3H3. The van der Waals surface area contributed by atoms with E-state index in [1.165, 1.54) is 19.4 Å². The van der Waals surface area contributed by atoms with Crippen molar-refractivity contribution in [2.24, 2.45) is 0 Å². The Labute approximate surface area is 124 Å². The zero-order valence-electron chi connectivity index (χ0n) is 11.5. The predicted molar refractivity (Wildman–Crippen MR) is 80.9 cm³/mol. The lowest BCUT2D eigenvalue weighted by Gasteiger charge is -2.14. The van der Waals surface area contributed by atoms with E-state index < -0.39 is 15.4 Å². The molecule has 1 heterocycles. The number of halogens is 1. The summed E-state index contributed by atoms with van der Waals surface area (Å²) in [5.41, 5.74) is 0.368. The summed E-state index contributed by atoms with van der Waals surface area (Å²) in [6.07, 6.45) is 5.95. The van der Waals surface area contributed by atoms with Crippen LogP contribution >= 0.6 is 11.6 Å². The average Bonchev–Trinajstić information content (AvgIpc) is 2.39. The summed E-state index contributed by atoms with van der Waals surface area (Å²) in [5.74, 6) is 0.230. The van der Waals surface area contributed by atoms with Crippen molar-refractivity contribution < 1.29 is 13.2 Å². The Bertz CT molecular complexity index is 595. The van der Waals surface area contributed by atoms with Crippen molar-refractivity contribution in [2.75, 3.05) is 11.8 Å². The van der Waals surface area contributed by atoms with Gasteiger partial charge in [0, 0.05) is 6.20 Å². The minimum atomic E-state index is -3.80. The molecule has 0 aliphatic carbocycles. The molecule has 1 N–H and O–H groups in total. The number of ether oxygens (including phenoxy) is 1. The van der Waals surface area contributed by atoms with Gasteiger partial charge in [-0.25, -0.2) is 8.42 Å². The van der Waals surface area contributed by atoms with Crippen LogP contribution in [-0.2, 0) is 14.8 Å². The molecule has 0 aliphatic heterocycles. The van der Waals surface area contributed by atoms with Gasteiger partial charge in [-0.15, -0.1) is 11.6 Å². The van der Waals surface area contributed by atoms with Gasteiger partial charge in [0.15, 0.2) is 0 Å². The third-order valence-electron chi connectivity index (χ3n) is 2.31. The van der Waals surface area contributed by atoms with E-state index in [0.717, 1.165) is 0 Å². The summed E-state index contributed by atoms with van der Waals surface area (Å²) in [6, 6.07) is 3.24. The molecule has 0 aliphatic rings. The Morgan fingerprint density at radius 2 is 2.25 bits per heavy atom. The maximum Gasteiger partial charge on any atom is 0.265 e. The molecule has 0 bridgehead atoms. The van der Waals surface area contributed by atoms with E-state index in [1.54, 1.807) is 38.3 Å². The highest BCUT2D eigenvalue weighted by molar-refractivity contribution is 7.96. The number of sulfonamides is 1. The summed E-state index contributed by atoms with van der Waals surface area (Å²) < 4.78 is 32.3. The van der Waals surface area contributed by atoms with E-state index in [1.807, 2.05) is 0 Å². The monoisotopic (exact) mass is 316 g/mol. The molecule has 7 heteroatoms. The minimum Gasteiger partial charge on any atom is -0.496 e. The molecule has 1 atom stereocenters. The average molecular weight is 317 g/mol. The van der Waals surface area contributed by atoms with E-state index in [-0.39, 0.29) is 10.7 Å². The molecule has 1 aromatic rings. The summed E-state index contributed by atoms with van der Waals surface area (Å²) in [6.45, 7) is 3.36. The van der Waals surface area contributed by atoms with E-state index in [0.29, 0.717) is 5.69 Å². The molecule has 20 heavy (non-hydrogen) atoms. The molecule has 1 unspecified atom stereocenters. The molecule has 110 valence electrons. The molecule has 0 aromatic carbocycles. The predicted octanol–water partition coefficient (Wildman–Crippen LogP) is 2.88. The summed E-state index contributed by atoms with van der Waals surface area (Å²) in [4.78, 5) is 3.85. The number of allylic oxidation sites excluding steroid dienone is 2. The van der Waals surface area contributed by atoms with E-state index >= 15 is 0 Å². The Morgan fingerprint density at radius 3 is 2.70 bits per heavy atom. The van der Waals surface area contributed by atoms with Crippen molar-refractivity contribution in [1.29, 1.82) is 0 Å². The topological polar surface area (TPSA) is 68.3 Å². The molecular formula is C13H17ClN2O3S. The minimum absolute atomic E-state index is 0.00569. The Balaban J connectivity index is 3.19. The number of nitrogens with zero attached hydrogens (tertiary/aromatic N) is 1. The first-order valence-electron chi connectivity index (χ1n) is 5.90.